The van der Waals surface area contributed by atoms with Gasteiger partial charge in [0.1, 0.15) is 11.5 Å². The van der Waals surface area contributed by atoms with Crippen LogP contribution in [0.5, 0.6) is 11.5 Å². The molecule has 10 radical (unpaired) electrons. The molecule has 2 saturated carbocycles. The Morgan fingerprint density at radius 2 is 0.912 bits per heavy atom. The summed E-state index contributed by atoms with van der Waals surface area (Å²) >= 11 is 0. The van der Waals surface area contributed by atoms with E-state index in [2.05, 4.69) is 54.4 Å². The zero-order chi connectivity index (χ0) is 24.1. The average Bonchev–Trinajstić information content (AvgIpc) is 3.41. The number of allylic oxidation sites excluding steroid dienone is 1. The summed E-state index contributed by atoms with van der Waals surface area (Å²) in [5, 5.41) is 19.2. The van der Waals surface area contributed by atoms with E-state index in [1.807, 2.05) is 37.1 Å². The molecule has 176 valence electrons. The maximum atomic E-state index is 9.58. The van der Waals surface area contributed by atoms with E-state index in [0.717, 1.165) is 23.1 Å². The summed E-state index contributed by atoms with van der Waals surface area (Å²) in [6.45, 7) is 13.1. The van der Waals surface area contributed by atoms with E-state index >= 15 is 0 Å². The molecule has 2 aliphatic rings. The first-order valence-corrected chi connectivity index (χ1v) is 11.5. The molecule has 0 aliphatic heterocycles. The molecular weight excluding hydrogens is 460 g/mol. The van der Waals surface area contributed by atoms with Crippen LogP contribution in [0, 0.1) is 61.2 Å². The van der Waals surface area contributed by atoms with Gasteiger partial charge in [-0.05, 0) is 103 Å². The minimum Gasteiger partial charge on any atom is -0.508 e. The fourth-order valence-corrected chi connectivity index (χ4v) is 4.28. The molecule has 2 aliphatic carbocycles. The molecule has 0 spiro atoms. The predicted molar refractivity (Wildman–Crippen MR) is 138 cm³/mol. The van der Waals surface area contributed by atoms with Crippen molar-refractivity contribution in [3.63, 3.8) is 0 Å². The van der Waals surface area contributed by atoms with E-state index in [4.69, 9.17) is 0 Å². The van der Waals surface area contributed by atoms with Crippen LogP contribution in [0.4, 0.5) is 0 Å². The molecule has 34 heavy (non-hydrogen) atoms. The van der Waals surface area contributed by atoms with Crippen molar-refractivity contribution in [2.75, 3.05) is 0 Å². The van der Waals surface area contributed by atoms with Gasteiger partial charge in [0.15, 0.2) is 0 Å². The van der Waals surface area contributed by atoms with Crippen molar-refractivity contribution in [3.8, 4) is 11.5 Å². The Morgan fingerprint density at radius 1 is 0.588 bits per heavy atom. The van der Waals surface area contributed by atoms with Crippen molar-refractivity contribution in [1.29, 1.82) is 0 Å². The van der Waals surface area contributed by atoms with Crippen LogP contribution in [-0.4, -0.2) is 10.2 Å². The first-order chi connectivity index (χ1) is 15.7. The van der Waals surface area contributed by atoms with Crippen LogP contribution < -0.4 is 0 Å². The molecule has 3 heteroatoms. The Hall–Kier alpha value is -1.70. The molecular formula is C31H34FeO2+2. The van der Waals surface area contributed by atoms with E-state index in [0.29, 0.717) is 0 Å². The van der Waals surface area contributed by atoms with Crippen molar-refractivity contribution in [2.24, 2.45) is 0 Å². The van der Waals surface area contributed by atoms with Gasteiger partial charge < -0.3 is 10.2 Å². The minimum absolute atomic E-state index is 0. The average molecular weight is 494 g/mol. The van der Waals surface area contributed by atoms with Gasteiger partial charge in [-0.1, -0.05) is 71.4 Å². The number of hydrogen-bond acceptors (Lipinski definition) is 2. The van der Waals surface area contributed by atoms with Crippen LogP contribution in [-0.2, 0) is 17.1 Å². The van der Waals surface area contributed by atoms with Crippen LogP contribution in [0.3, 0.4) is 0 Å². The second kappa shape index (κ2) is 12.8. The molecule has 2 aromatic rings. The quantitative estimate of drug-likeness (QED) is 0.428. The molecule has 0 bridgehead atoms. The zero-order valence-corrected chi connectivity index (χ0v) is 22.0. The molecule has 2 aromatic carbocycles. The van der Waals surface area contributed by atoms with Crippen molar-refractivity contribution in [3.05, 3.63) is 126 Å². The molecule has 2 fully saturated rings. The first-order valence-electron chi connectivity index (χ1n) is 11.5. The van der Waals surface area contributed by atoms with Crippen molar-refractivity contribution in [2.45, 2.75) is 48.0 Å². The summed E-state index contributed by atoms with van der Waals surface area (Å²) in [5.41, 5.74) is 4.46. The van der Waals surface area contributed by atoms with Gasteiger partial charge in [0, 0.05) is 5.92 Å². The summed E-state index contributed by atoms with van der Waals surface area (Å²) in [4.78, 5) is 0. The van der Waals surface area contributed by atoms with Crippen LogP contribution in [0.25, 0.3) is 5.57 Å². The Labute approximate surface area is 218 Å². The van der Waals surface area contributed by atoms with E-state index in [1.54, 1.807) is 24.3 Å². The molecule has 0 atom stereocenters. The Balaban J connectivity index is 0.000000314. The van der Waals surface area contributed by atoms with E-state index in [1.165, 1.54) is 41.1 Å². The number of rotatable bonds is 4. The topological polar surface area (TPSA) is 40.5 Å². The minimum atomic E-state index is 0. The molecule has 4 rings (SSSR count). The Morgan fingerprint density at radius 3 is 1.21 bits per heavy atom. The Bertz CT molecular complexity index is 817. The van der Waals surface area contributed by atoms with Crippen LogP contribution in [0.15, 0.2) is 54.1 Å². The van der Waals surface area contributed by atoms with Gasteiger partial charge in [-0.25, -0.2) is 0 Å². The first kappa shape index (κ1) is 28.5. The Kier molecular flexibility index (Phi) is 10.8. The van der Waals surface area contributed by atoms with E-state index in [9.17, 15) is 10.2 Å². The maximum absolute atomic E-state index is 9.58. The fourth-order valence-electron chi connectivity index (χ4n) is 4.28. The van der Waals surface area contributed by atoms with E-state index in [-0.39, 0.29) is 28.6 Å². The van der Waals surface area contributed by atoms with Crippen LogP contribution >= 0.6 is 0 Å². The summed E-state index contributed by atoms with van der Waals surface area (Å²) in [5.74, 6) is 9.05. The molecule has 0 saturated heterocycles. The molecule has 2 nitrogen and oxygen atoms in total. The largest absolute Gasteiger partial charge is 2.00 e. The smallest absolute Gasteiger partial charge is 0.508 e. The predicted octanol–water partition coefficient (Wildman–Crippen LogP) is 7.68. The van der Waals surface area contributed by atoms with Gasteiger partial charge in [0.2, 0.25) is 0 Å². The molecule has 0 aromatic heterocycles. The molecule has 0 amide bonds. The standard InChI is InChI=1S/C21H19O2.C10H15.Fe/c1-2-20(15-5-3-4-6-15)21(16-7-11-18(22)12-8-16)17-9-13-19(23)14-10-17;1-6-7(2)9(4)10(5)8(6)3;/h3-14,22-23H,2H2,1H3;1-5H3;/q;;+2. The number of phenolic OH excluding ortho intramolecular Hbond substituents is 2. The molecule has 0 heterocycles. The second-order valence-corrected chi connectivity index (χ2v) is 8.60. The summed E-state index contributed by atoms with van der Waals surface area (Å²) in [6, 6.07) is 14.5. The second-order valence-electron chi connectivity index (χ2n) is 8.60. The van der Waals surface area contributed by atoms with Crippen molar-refractivity contribution in [1.82, 2.24) is 0 Å². The number of phenols is 2. The van der Waals surface area contributed by atoms with E-state index < -0.39 is 0 Å². The van der Waals surface area contributed by atoms with Gasteiger partial charge in [-0.15, -0.1) is 0 Å². The summed E-state index contributed by atoms with van der Waals surface area (Å²) in [7, 11) is 0. The summed E-state index contributed by atoms with van der Waals surface area (Å²) in [6.07, 6.45) is 9.19. The number of hydrogen-bond donors (Lipinski definition) is 2. The van der Waals surface area contributed by atoms with Gasteiger partial charge in [-0.2, -0.15) is 0 Å². The molecule has 2 N–H and O–H groups in total. The number of aromatic hydroxyl groups is 2. The van der Waals surface area contributed by atoms with Gasteiger partial charge in [0.25, 0.3) is 0 Å². The third-order valence-electron chi connectivity index (χ3n) is 6.79. The fraction of sp³-hybridized carbons (Fsp3) is 0.226. The SMILES string of the molecule is CCC([C]1[CH][CH][CH][CH]1)=C(c1ccc(O)cc1)c1ccc(O)cc1.C[C]1[C](C)[C](C)[C](C)[C]1C.[Fe+2]. The van der Waals surface area contributed by atoms with Crippen LogP contribution in [0.2, 0.25) is 0 Å². The third kappa shape index (κ3) is 6.49. The summed E-state index contributed by atoms with van der Waals surface area (Å²) < 4.78 is 0. The van der Waals surface area contributed by atoms with Crippen molar-refractivity contribution < 1.29 is 27.3 Å². The van der Waals surface area contributed by atoms with Gasteiger partial charge in [0.05, 0.1) is 0 Å². The maximum Gasteiger partial charge on any atom is 2.00 e. The monoisotopic (exact) mass is 494 g/mol. The van der Waals surface area contributed by atoms with Crippen LogP contribution in [0.1, 0.15) is 59.1 Å². The van der Waals surface area contributed by atoms with Gasteiger partial charge >= 0.3 is 17.1 Å². The van der Waals surface area contributed by atoms with Gasteiger partial charge in [-0.3, -0.25) is 0 Å². The zero-order valence-electron chi connectivity index (χ0n) is 20.9. The van der Waals surface area contributed by atoms with Crippen molar-refractivity contribution >= 4 is 5.57 Å². The normalized spacial score (nSPS) is 18.4. The number of benzene rings is 2. The molecule has 0 unspecified atom stereocenters. The third-order valence-corrected chi connectivity index (χ3v) is 6.79.